The Bertz CT molecular complexity index is 703. The summed E-state index contributed by atoms with van der Waals surface area (Å²) in [7, 11) is 0. The number of rotatable bonds is 1. The zero-order valence-electron chi connectivity index (χ0n) is 8.14. The molecule has 0 saturated heterocycles. The minimum Gasteiger partial charge on any atom is -0.477 e. The summed E-state index contributed by atoms with van der Waals surface area (Å²) < 4.78 is 0. The summed E-state index contributed by atoms with van der Waals surface area (Å²) in [6.07, 6.45) is 4.95. The van der Waals surface area contributed by atoms with Crippen LogP contribution in [0.3, 0.4) is 0 Å². The first-order valence-electron chi connectivity index (χ1n) is 4.70. The van der Waals surface area contributed by atoms with Gasteiger partial charge in [-0.1, -0.05) is 0 Å². The van der Waals surface area contributed by atoms with Crippen LogP contribution >= 0.6 is 0 Å². The maximum atomic E-state index is 10.8. The molecule has 0 aliphatic carbocycles. The lowest BCUT2D eigenvalue weighted by molar-refractivity contribution is 0.0691. The maximum Gasteiger partial charge on any atom is 0.352 e. The molecule has 0 fully saturated rings. The van der Waals surface area contributed by atoms with Crippen molar-refractivity contribution in [3.8, 4) is 0 Å². The first-order chi connectivity index (χ1) is 7.75. The van der Waals surface area contributed by atoms with E-state index in [-0.39, 0.29) is 5.69 Å². The third kappa shape index (κ3) is 1.15. The molecule has 16 heavy (non-hydrogen) atoms. The smallest absolute Gasteiger partial charge is 0.352 e. The normalized spacial score (nSPS) is 11.0. The first-order valence-corrected chi connectivity index (χ1v) is 4.70. The molecule has 5 heteroatoms. The summed E-state index contributed by atoms with van der Waals surface area (Å²) in [5.74, 6) is -0.974. The van der Waals surface area contributed by atoms with Crippen LogP contribution < -0.4 is 0 Å². The molecule has 3 rings (SSSR count). The van der Waals surface area contributed by atoms with Gasteiger partial charge in [-0.15, -0.1) is 0 Å². The van der Waals surface area contributed by atoms with Gasteiger partial charge in [-0.05, 0) is 12.1 Å². The summed E-state index contributed by atoms with van der Waals surface area (Å²) >= 11 is 0. The number of hydrogen-bond donors (Lipinski definition) is 2. The molecular formula is C11H7N3O2. The zero-order valence-corrected chi connectivity index (χ0v) is 8.14. The van der Waals surface area contributed by atoms with Crippen molar-refractivity contribution in [1.29, 1.82) is 0 Å². The van der Waals surface area contributed by atoms with Crippen LogP contribution in [0.4, 0.5) is 0 Å². The van der Waals surface area contributed by atoms with Gasteiger partial charge in [0.25, 0.3) is 0 Å². The second-order valence-electron chi connectivity index (χ2n) is 3.47. The van der Waals surface area contributed by atoms with E-state index in [0.29, 0.717) is 0 Å². The van der Waals surface area contributed by atoms with E-state index >= 15 is 0 Å². The molecule has 0 aromatic carbocycles. The second kappa shape index (κ2) is 3.03. The number of H-pyrrole nitrogens is 1. The summed E-state index contributed by atoms with van der Waals surface area (Å²) in [5, 5.41) is 10.6. The van der Waals surface area contributed by atoms with Crippen molar-refractivity contribution in [3.63, 3.8) is 0 Å². The van der Waals surface area contributed by atoms with Crippen LogP contribution in [0.1, 0.15) is 10.5 Å². The summed E-state index contributed by atoms with van der Waals surface area (Å²) in [6, 6.07) is 3.39. The molecule has 3 aromatic heterocycles. The highest BCUT2D eigenvalue weighted by atomic mass is 16.4. The number of nitrogens with one attached hydrogen (secondary N) is 1. The van der Waals surface area contributed by atoms with Crippen molar-refractivity contribution in [3.05, 3.63) is 36.4 Å². The molecule has 0 aliphatic rings. The van der Waals surface area contributed by atoms with Crippen molar-refractivity contribution in [2.75, 3.05) is 0 Å². The van der Waals surface area contributed by atoms with Crippen LogP contribution in [0.5, 0.6) is 0 Å². The second-order valence-corrected chi connectivity index (χ2v) is 3.47. The van der Waals surface area contributed by atoms with Gasteiger partial charge in [0.2, 0.25) is 0 Å². The number of fused-ring (bicyclic) bond motifs is 3. The Balaban J connectivity index is 2.46. The van der Waals surface area contributed by atoms with Crippen LogP contribution in [0.25, 0.3) is 21.8 Å². The molecule has 3 heterocycles. The molecule has 0 bridgehead atoms. The van der Waals surface area contributed by atoms with E-state index in [1.54, 1.807) is 24.7 Å². The number of carboxylic acid groups (broad SMARTS) is 1. The number of carbonyl (C=O) groups is 1. The Morgan fingerprint density at radius 2 is 2.25 bits per heavy atom. The fourth-order valence-corrected chi connectivity index (χ4v) is 1.75. The molecule has 2 N–H and O–H groups in total. The highest BCUT2D eigenvalue weighted by Gasteiger charge is 2.09. The van der Waals surface area contributed by atoms with Gasteiger partial charge in [0.1, 0.15) is 5.69 Å². The SMILES string of the molecule is O=C(O)c1cc2cnc3cnccc3c2[nH]1. The van der Waals surface area contributed by atoms with Gasteiger partial charge in [0.15, 0.2) is 0 Å². The Labute approximate surface area is 89.8 Å². The lowest BCUT2D eigenvalue weighted by Gasteiger charge is -1.96. The van der Waals surface area contributed by atoms with Gasteiger partial charge in [-0.3, -0.25) is 9.97 Å². The summed E-state index contributed by atoms with van der Waals surface area (Å²) in [4.78, 5) is 21.9. The largest absolute Gasteiger partial charge is 0.477 e. The minimum atomic E-state index is -0.974. The number of aromatic carboxylic acids is 1. The average Bonchev–Trinajstić information content (AvgIpc) is 2.73. The van der Waals surface area contributed by atoms with Gasteiger partial charge in [0, 0.05) is 23.2 Å². The molecule has 0 spiro atoms. The van der Waals surface area contributed by atoms with E-state index in [1.807, 2.05) is 6.07 Å². The van der Waals surface area contributed by atoms with Gasteiger partial charge in [-0.25, -0.2) is 4.79 Å². The predicted molar refractivity (Wildman–Crippen MR) is 58.4 cm³/mol. The topological polar surface area (TPSA) is 78.9 Å². The lowest BCUT2D eigenvalue weighted by atomic mass is 10.2. The van der Waals surface area contributed by atoms with Gasteiger partial charge in [-0.2, -0.15) is 0 Å². The third-order valence-electron chi connectivity index (χ3n) is 2.49. The summed E-state index contributed by atoms with van der Waals surface area (Å²) in [6.45, 7) is 0. The molecule has 5 nitrogen and oxygen atoms in total. The molecule has 0 saturated carbocycles. The number of aromatic nitrogens is 3. The molecule has 78 valence electrons. The van der Waals surface area contributed by atoms with Crippen LogP contribution in [0.15, 0.2) is 30.7 Å². The fraction of sp³-hybridized carbons (Fsp3) is 0. The van der Waals surface area contributed by atoms with E-state index in [4.69, 9.17) is 5.11 Å². The third-order valence-corrected chi connectivity index (χ3v) is 2.49. The molecular weight excluding hydrogens is 206 g/mol. The number of pyridine rings is 2. The van der Waals surface area contributed by atoms with E-state index in [9.17, 15) is 4.79 Å². The van der Waals surface area contributed by atoms with E-state index < -0.39 is 5.97 Å². The number of nitrogens with zero attached hydrogens (tertiary/aromatic N) is 2. The molecule has 0 amide bonds. The predicted octanol–water partition coefficient (Wildman–Crippen LogP) is 1.81. The lowest BCUT2D eigenvalue weighted by Crippen LogP contribution is -1.94. The Morgan fingerprint density at radius 3 is 3.06 bits per heavy atom. The highest BCUT2D eigenvalue weighted by Crippen LogP contribution is 2.22. The molecule has 0 atom stereocenters. The van der Waals surface area contributed by atoms with Crippen LogP contribution in [-0.2, 0) is 0 Å². The monoisotopic (exact) mass is 213 g/mol. The number of carboxylic acids is 1. The zero-order chi connectivity index (χ0) is 11.1. The van der Waals surface area contributed by atoms with Crippen molar-refractivity contribution in [2.24, 2.45) is 0 Å². The molecule has 0 radical (unpaired) electrons. The highest BCUT2D eigenvalue weighted by molar-refractivity contribution is 6.05. The quantitative estimate of drug-likeness (QED) is 0.646. The standard InChI is InChI=1S/C11H7N3O2/c15-11(16)8-3-6-4-13-9-5-12-2-1-7(9)10(6)14-8/h1-5,14H,(H,15,16). The van der Waals surface area contributed by atoms with Gasteiger partial charge in [0.05, 0.1) is 17.2 Å². The summed E-state index contributed by atoms with van der Waals surface area (Å²) in [5.41, 5.74) is 1.69. The first kappa shape index (κ1) is 8.84. The van der Waals surface area contributed by atoms with Gasteiger partial charge < -0.3 is 10.1 Å². The molecule has 0 unspecified atom stereocenters. The molecule has 3 aromatic rings. The van der Waals surface area contributed by atoms with E-state index in [0.717, 1.165) is 21.8 Å². The number of aromatic amines is 1. The minimum absolute atomic E-state index is 0.168. The van der Waals surface area contributed by atoms with Crippen molar-refractivity contribution < 1.29 is 9.90 Å². The maximum absolute atomic E-state index is 10.8. The van der Waals surface area contributed by atoms with Crippen molar-refractivity contribution in [1.82, 2.24) is 15.0 Å². The van der Waals surface area contributed by atoms with E-state index in [1.165, 1.54) is 0 Å². The Morgan fingerprint density at radius 1 is 1.38 bits per heavy atom. The van der Waals surface area contributed by atoms with Crippen molar-refractivity contribution in [2.45, 2.75) is 0 Å². The van der Waals surface area contributed by atoms with Gasteiger partial charge >= 0.3 is 5.97 Å². The van der Waals surface area contributed by atoms with E-state index in [2.05, 4.69) is 15.0 Å². The Hall–Kier alpha value is -2.43. The average molecular weight is 213 g/mol. The van der Waals surface area contributed by atoms with Crippen LogP contribution in [-0.4, -0.2) is 26.0 Å². The fourth-order valence-electron chi connectivity index (χ4n) is 1.75. The Kier molecular flexibility index (Phi) is 1.67. The number of hydrogen-bond acceptors (Lipinski definition) is 3. The molecule has 0 aliphatic heterocycles. The van der Waals surface area contributed by atoms with Crippen LogP contribution in [0.2, 0.25) is 0 Å². The van der Waals surface area contributed by atoms with Crippen LogP contribution in [0, 0.1) is 0 Å². The van der Waals surface area contributed by atoms with Crippen molar-refractivity contribution >= 4 is 27.8 Å².